The number of piperidine rings is 1. The molecular weight excluding hydrogens is 362 g/mol. The second-order valence-corrected chi connectivity index (χ2v) is 7.87. The molecule has 0 unspecified atom stereocenters. The third kappa shape index (κ3) is 3.81. The Balaban J connectivity index is 1.44. The summed E-state index contributed by atoms with van der Waals surface area (Å²) in [6, 6.07) is 5.98. The topological polar surface area (TPSA) is 104 Å². The van der Waals surface area contributed by atoms with E-state index in [1.807, 2.05) is 23.1 Å². The lowest BCUT2D eigenvalue weighted by atomic mass is 9.77. The van der Waals surface area contributed by atoms with E-state index >= 15 is 0 Å². The summed E-state index contributed by atoms with van der Waals surface area (Å²) in [7, 11) is 0. The molecule has 1 fully saturated rings. The number of nitrogens with one attached hydrogen (secondary N) is 2. The van der Waals surface area contributed by atoms with Crippen molar-refractivity contribution in [2.24, 2.45) is 5.41 Å². The maximum absolute atomic E-state index is 12.7. The van der Waals surface area contributed by atoms with Gasteiger partial charge < -0.3 is 19.4 Å². The molecule has 2 N–H and O–H groups in total. The zero-order valence-electron chi connectivity index (χ0n) is 15.7. The lowest BCUT2D eigenvalue weighted by molar-refractivity contribution is -0.133. The summed E-state index contributed by atoms with van der Waals surface area (Å²) in [6.45, 7) is 3.74. The third-order valence-corrected chi connectivity index (χ3v) is 5.44. The molecule has 2 aromatic rings. The fourth-order valence-electron chi connectivity index (χ4n) is 4.06. The van der Waals surface area contributed by atoms with Crippen LogP contribution in [0.2, 0.25) is 0 Å². The molecule has 148 valence electrons. The minimum absolute atomic E-state index is 0.0216. The SMILES string of the molecule is C[C@@]1(Cc2ccc3c(c2)OCO3)CCCN(C(=O)Cc2c[nH]c(=O)[nH]c2=O)C1. The molecule has 8 nitrogen and oxygen atoms in total. The van der Waals surface area contributed by atoms with E-state index in [2.05, 4.69) is 16.9 Å². The Morgan fingerprint density at radius 1 is 1.25 bits per heavy atom. The van der Waals surface area contributed by atoms with Crippen LogP contribution in [0.25, 0.3) is 0 Å². The van der Waals surface area contributed by atoms with Crippen molar-refractivity contribution >= 4 is 5.91 Å². The number of aromatic amines is 2. The van der Waals surface area contributed by atoms with Crippen LogP contribution in [0.5, 0.6) is 11.5 Å². The minimum atomic E-state index is -0.574. The summed E-state index contributed by atoms with van der Waals surface area (Å²) in [5.41, 5.74) is 0.275. The van der Waals surface area contributed by atoms with Crippen LogP contribution in [-0.4, -0.2) is 40.7 Å². The van der Waals surface area contributed by atoms with E-state index in [0.717, 1.165) is 36.3 Å². The molecule has 1 saturated heterocycles. The number of aromatic nitrogens is 2. The molecule has 0 radical (unpaired) electrons. The summed E-state index contributed by atoms with van der Waals surface area (Å²) < 4.78 is 10.8. The van der Waals surface area contributed by atoms with E-state index in [1.54, 1.807) is 0 Å². The van der Waals surface area contributed by atoms with Crippen molar-refractivity contribution in [1.29, 1.82) is 0 Å². The van der Waals surface area contributed by atoms with E-state index in [1.165, 1.54) is 6.20 Å². The van der Waals surface area contributed by atoms with Gasteiger partial charge in [-0.1, -0.05) is 13.0 Å². The number of fused-ring (bicyclic) bond motifs is 1. The van der Waals surface area contributed by atoms with Crippen molar-refractivity contribution in [3.8, 4) is 11.5 Å². The molecule has 1 aromatic carbocycles. The van der Waals surface area contributed by atoms with Gasteiger partial charge in [0.05, 0.1) is 6.42 Å². The number of carbonyl (C=O) groups excluding carboxylic acids is 1. The van der Waals surface area contributed by atoms with Crippen LogP contribution in [0.4, 0.5) is 0 Å². The Morgan fingerprint density at radius 2 is 2.07 bits per heavy atom. The first-order valence-corrected chi connectivity index (χ1v) is 9.39. The molecule has 3 heterocycles. The maximum Gasteiger partial charge on any atom is 0.325 e. The number of rotatable bonds is 4. The summed E-state index contributed by atoms with van der Waals surface area (Å²) >= 11 is 0. The molecule has 0 aliphatic carbocycles. The zero-order chi connectivity index (χ0) is 19.7. The second kappa shape index (κ2) is 7.18. The summed E-state index contributed by atoms with van der Waals surface area (Å²) in [4.78, 5) is 42.1. The molecule has 0 saturated carbocycles. The fourth-order valence-corrected chi connectivity index (χ4v) is 4.06. The standard InChI is InChI=1S/C20H23N3O5/c1-20(9-13-3-4-15-16(7-13)28-12-27-15)5-2-6-23(11-20)17(24)8-14-10-21-19(26)22-18(14)25/h3-4,7,10H,2,5-6,8-9,11-12H2,1H3,(H2,21,22,25,26)/t20-/m0/s1. The molecule has 0 bridgehead atoms. The van der Waals surface area contributed by atoms with E-state index in [-0.39, 0.29) is 30.1 Å². The number of nitrogens with zero attached hydrogens (tertiary/aromatic N) is 1. The lowest BCUT2D eigenvalue weighted by Crippen LogP contribution is -2.46. The first-order valence-electron chi connectivity index (χ1n) is 9.39. The molecule has 2 aliphatic heterocycles. The highest BCUT2D eigenvalue weighted by atomic mass is 16.7. The van der Waals surface area contributed by atoms with Gasteiger partial charge in [0.15, 0.2) is 11.5 Å². The van der Waals surface area contributed by atoms with Crippen LogP contribution in [-0.2, 0) is 17.6 Å². The number of H-pyrrole nitrogens is 2. The van der Waals surface area contributed by atoms with Gasteiger partial charge in [0.25, 0.3) is 5.56 Å². The van der Waals surface area contributed by atoms with Gasteiger partial charge in [-0.3, -0.25) is 14.6 Å². The smallest absolute Gasteiger partial charge is 0.325 e. The lowest BCUT2D eigenvalue weighted by Gasteiger charge is -2.41. The number of amides is 1. The minimum Gasteiger partial charge on any atom is -0.454 e. The summed E-state index contributed by atoms with van der Waals surface area (Å²) in [6.07, 6.45) is 4.05. The Labute approximate surface area is 161 Å². The number of benzene rings is 1. The molecule has 1 atom stereocenters. The zero-order valence-corrected chi connectivity index (χ0v) is 15.7. The number of hydrogen-bond acceptors (Lipinski definition) is 5. The van der Waals surface area contributed by atoms with Crippen LogP contribution < -0.4 is 20.7 Å². The molecule has 1 amide bonds. The van der Waals surface area contributed by atoms with Gasteiger partial charge in [-0.05, 0) is 42.4 Å². The highest BCUT2D eigenvalue weighted by molar-refractivity contribution is 5.78. The van der Waals surface area contributed by atoms with Gasteiger partial charge in [-0.25, -0.2) is 4.79 Å². The average molecular weight is 385 g/mol. The van der Waals surface area contributed by atoms with E-state index < -0.39 is 11.2 Å². The van der Waals surface area contributed by atoms with E-state index in [4.69, 9.17) is 9.47 Å². The first-order chi connectivity index (χ1) is 13.4. The van der Waals surface area contributed by atoms with Crippen LogP contribution >= 0.6 is 0 Å². The van der Waals surface area contributed by atoms with E-state index in [9.17, 15) is 14.4 Å². The van der Waals surface area contributed by atoms with Crippen molar-refractivity contribution < 1.29 is 14.3 Å². The van der Waals surface area contributed by atoms with Gasteiger partial charge >= 0.3 is 5.69 Å². The van der Waals surface area contributed by atoms with Crippen LogP contribution in [0, 0.1) is 5.41 Å². The normalized spacial score (nSPS) is 21.0. The van der Waals surface area contributed by atoms with Crippen molar-refractivity contribution in [2.75, 3.05) is 19.9 Å². The molecule has 2 aliphatic rings. The Morgan fingerprint density at radius 3 is 2.89 bits per heavy atom. The highest BCUT2D eigenvalue weighted by Gasteiger charge is 2.33. The largest absolute Gasteiger partial charge is 0.454 e. The summed E-state index contributed by atoms with van der Waals surface area (Å²) in [5.74, 6) is 1.43. The first kappa shape index (κ1) is 18.3. The van der Waals surface area contributed by atoms with Crippen LogP contribution in [0.1, 0.15) is 30.9 Å². The van der Waals surface area contributed by atoms with Crippen molar-refractivity contribution in [3.63, 3.8) is 0 Å². The van der Waals surface area contributed by atoms with Crippen molar-refractivity contribution in [1.82, 2.24) is 14.9 Å². The Hall–Kier alpha value is -3.03. The van der Waals surface area contributed by atoms with Gasteiger partial charge in [0.2, 0.25) is 12.7 Å². The predicted octanol–water partition coefficient (Wildman–Crippen LogP) is 1.21. The van der Waals surface area contributed by atoms with Crippen LogP contribution in [0.15, 0.2) is 34.0 Å². The maximum atomic E-state index is 12.7. The molecule has 1 aromatic heterocycles. The average Bonchev–Trinajstić information content (AvgIpc) is 3.11. The monoisotopic (exact) mass is 385 g/mol. The van der Waals surface area contributed by atoms with Crippen LogP contribution in [0.3, 0.4) is 0 Å². The number of hydrogen-bond donors (Lipinski definition) is 2. The third-order valence-electron chi connectivity index (χ3n) is 5.44. The predicted molar refractivity (Wildman–Crippen MR) is 102 cm³/mol. The van der Waals surface area contributed by atoms with E-state index in [0.29, 0.717) is 13.1 Å². The molecular formula is C20H23N3O5. The Kier molecular flexibility index (Phi) is 4.70. The molecule has 4 rings (SSSR count). The molecule has 28 heavy (non-hydrogen) atoms. The quantitative estimate of drug-likeness (QED) is 0.823. The summed E-state index contributed by atoms with van der Waals surface area (Å²) in [5, 5.41) is 0. The van der Waals surface area contributed by atoms with Gasteiger partial charge in [0, 0.05) is 24.8 Å². The Bertz CT molecular complexity index is 1010. The van der Waals surface area contributed by atoms with Gasteiger partial charge in [-0.2, -0.15) is 0 Å². The fraction of sp³-hybridized carbons (Fsp3) is 0.450. The molecule has 8 heteroatoms. The number of ether oxygens (including phenoxy) is 2. The van der Waals surface area contributed by atoms with Gasteiger partial charge in [0.1, 0.15) is 0 Å². The number of likely N-dealkylation sites (tertiary alicyclic amines) is 1. The van der Waals surface area contributed by atoms with Crippen molar-refractivity contribution in [2.45, 2.75) is 32.6 Å². The van der Waals surface area contributed by atoms with Gasteiger partial charge in [-0.15, -0.1) is 0 Å². The molecule has 0 spiro atoms. The van der Waals surface area contributed by atoms with Crippen molar-refractivity contribution in [3.05, 3.63) is 56.4 Å². The second-order valence-electron chi connectivity index (χ2n) is 7.87. The highest BCUT2D eigenvalue weighted by Crippen LogP contribution is 2.37. The number of carbonyl (C=O) groups is 1.